The summed E-state index contributed by atoms with van der Waals surface area (Å²) in [6.45, 7) is 8.98. The van der Waals surface area contributed by atoms with E-state index in [2.05, 4.69) is 28.7 Å². The van der Waals surface area contributed by atoms with Gasteiger partial charge in [0, 0.05) is 30.5 Å². The molecule has 112 valence electrons. The Morgan fingerprint density at radius 2 is 1.90 bits per heavy atom. The summed E-state index contributed by atoms with van der Waals surface area (Å²) in [4.78, 5) is 16.3. The van der Waals surface area contributed by atoms with Crippen LogP contribution in [0, 0.1) is 12.8 Å². The fourth-order valence-electron chi connectivity index (χ4n) is 1.99. The monoisotopic (exact) mass is 285 g/mol. The summed E-state index contributed by atoms with van der Waals surface area (Å²) in [6.07, 6.45) is 3.75. The van der Waals surface area contributed by atoms with Gasteiger partial charge < -0.3 is 9.88 Å². The van der Waals surface area contributed by atoms with Crippen molar-refractivity contribution in [1.82, 2.24) is 14.9 Å². The molecule has 0 fully saturated rings. The highest BCUT2D eigenvalue weighted by atomic mass is 16.1. The Hall–Kier alpha value is -2.10. The SMILES string of the molecule is Cc1nccn1Cc1ccc(C(=O)N[C@@H](C)C(C)C)cc1. The molecule has 1 N–H and O–H groups in total. The Labute approximate surface area is 126 Å². The Bertz CT molecular complexity index is 599. The molecule has 0 aliphatic heterocycles. The maximum atomic E-state index is 12.1. The third-order valence-corrected chi connectivity index (χ3v) is 3.85. The molecule has 1 aromatic heterocycles. The number of carbonyl (C=O) groups is 1. The van der Waals surface area contributed by atoms with Crippen LogP contribution in [0.1, 0.15) is 42.5 Å². The van der Waals surface area contributed by atoms with Gasteiger partial charge in [0.1, 0.15) is 5.82 Å². The molecule has 21 heavy (non-hydrogen) atoms. The van der Waals surface area contributed by atoms with Crippen molar-refractivity contribution in [3.05, 3.63) is 53.6 Å². The van der Waals surface area contributed by atoms with Gasteiger partial charge in [-0.25, -0.2) is 4.98 Å². The van der Waals surface area contributed by atoms with Crippen molar-refractivity contribution in [3.63, 3.8) is 0 Å². The predicted molar refractivity (Wildman–Crippen MR) is 84.3 cm³/mol. The molecule has 1 amide bonds. The molecule has 0 bridgehead atoms. The maximum absolute atomic E-state index is 12.1. The van der Waals surface area contributed by atoms with E-state index in [-0.39, 0.29) is 11.9 Å². The lowest BCUT2D eigenvalue weighted by atomic mass is 10.1. The first-order chi connectivity index (χ1) is 9.97. The molecule has 1 heterocycles. The van der Waals surface area contributed by atoms with Crippen LogP contribution in [0.25, 0.3) is 0 Å². The molecular formula is C17H23N3O. The number of nitrogens with one attached hydrogen (secondary N) is 1. The average Bonchev–Trinajstić information content (AvgIpc) is 2.85. The molecule has 4 nitrogen and oxygen atoms in total. The van der Waals surface area contributed by atoms with Crippen LogP contribution in [-0.4, -0.2) is 21.5 Å². The molecule has 0 saturated carbocycles. The number of nitrogens with zero attached hydrogens (tertiary/aromatic N) is 2. The van der Waals surface area contributed by atoms with Gasteiger partial charge in [0.25, 0.3) is 5.91 Å². The van der Waals surface area contributed by atoms with Crippen LogP contribution in [0.5, 0.6) is 0 Å². The summed E-state index contributed by atoms with van der Waals surface area (Å²) >= 11 is 0. The second kappa shape index (κ2) is 6.57. The van der Waals surface area contributed by atoms with Crippen molar-refractivity contribution >= 4 is 5.91 Å². The van der Waals surface area contributed by atoms with Crippen LogP contribution in [0.3, 0.4) is 0 Å². The number of amides is 1. The molecular weight excluding hydrogens is 262 g/mol. The second-order valence-electron chi connectivity index (χ2n) is 5.81. The molecule has 0 radical (unpaired) electrons. The fourth-order valence-corrected chi connectivity index (χ4v) is 1.99. The van der Waals surface area contributed by atoms with E-state index in [4.69, 9.17) is 0 Å². The highest BCUT2D eigenvalue weighted by Crippen LogP contribution is 2.09. The second-order valence-corrected chi connectivity index (χ2v) is 5.81. The summed E-state index contributed by atoms with van der Waals surface area (Å²) < 4.78 is 2.08. The van der Waals surface area contributed by atoms with Crippen molar-refractivity contribution in [3.8, 4) is 0 Å². The number of imidazole rings is 1. The van der Waals surface area contributed by atoms with Gasteiger partial charge in [0.15, 0.2) is 0 Å². The van der Waals surface area contributed by atoms with Gasteiger partial charge in [-0.15, -0.1) is 0 Å². The zero-order valence-corrected chi connectivity index (χ0v) is 13.1. The number of aromatic nitrogens is 2. The van der Waals surface area contributed by atoms with Gasteiger partial charge in [-0.2, -0.15) is 0 Å². The minimum Gasteiger partial charge on any atom is -0.349 e. The normalized spacial score (nSPS) is 12.4. The number of benzene rings is 1. The maximum Gasteiger partial charge on any atom is 0.251 e. The number of carbonyl (C=O) groups excluding carboxylic acids is 1. The summed E-state index contributed by atoms with van der Waals surface area (Å²) in [6, 6.07) is 7.92. The van der Waals surface area contributed by atoms with Gasteiger partial charge >= 0.3 is 0 Å². The number of rotatable bonds is 5. The highest BCUT2D eigenvalue weighted by Gasteiger charge is 2.12. The van der Waals surface area contributed by atoms with E-state index in [0.29, 0.717) is 11.5 Å². The number of aryl methyl sites for hydroxylation is 1. The Morgan fingerprint density at radius 3 is 2.43 bits per heavy atom. The molecule has 1 aromatic carbocycles. The van der Waals surface area contributed by atoms with E-state index < -0.39 is 0 Å². The van der Waals surface area contributed by atoms with Gasteiger partial charge in [0.05, 0.1) is 0 Å². The van der Waals surface area contributed by atoms with Gasteiger partial charge in [-0.3, -0.25) is 4.79 Å². The van der Waals surface area contributed by atoms with Crippen LogP contribution in [0.2, 0.25) is 0 Å². The molecule has 2 rings (SSSR count). The molecule has 0 aliphatic carbocycles. The third kappa shape index (κ3) is 3.94. The quantitative estimate of drug-likeness (QED) is 0.918. The van der Waals surface area contributed by atoms with Crippen LogP contribution >= 0.6 is 0 Å². The highest BCUT2D eigenvalue weighted by molar-refractivity contribution is 5.94. The predicted octanol–water partition coefficient (Wildman–Crippen LogP) is 3.01. The first kappa shape index (κ1) is 15.3. The van der Waals surface area contributed by atoms with Crippen molar-refractivity contribution in [1.29, 1.82) is 0 Å². The Morgan fingerprint density at radius 1 is 1.24 bits per heavy atom. The lowest BCUT2D eigenvalue weighted by Gasteiger charge is -2.17. The van der Waals surface area contributed by atoms with E-state index in [9.17, 15) is 4.79 Å². The summed E-state index contributed by atoms with van der Waals surface area (Å²) in [7, 11) is 0. The molecule has 1 atom stereocenters. The largest absolute Gasteiger partial charge is 0.349 e. The van der Waals surface area contributed by atoms with Crippen molar-refractivity contribution in [2.24, 2.45) is 5.92 Å². The zero-order valence-electron chi connectivity index (χ0n) is 13.1. The van der Waals surface area contributed by atoms with Crippen LogP contribution in [0.4, 0.5) is 0 Å². The number of hydrogen-bond acceptors (Lipinski definition) is 2. The molecule has 0 spiro atoms. The first-order valence-electron chi connectivity index (χ1n) is 7.35. The van der Waals surface area contributed by atoms with E-state index in [0.717, 1.165) is 17.9 Å². The van der Waals surface area contributed by atoms with Crippen molar-refractivity contribution in [2.75, 3.05) is 0 Å². The van der Waals surface area contributed by atoms with E-state index in [1.807, 2.05) is 44.3 Å². The zero-order chi connectivity index (χ0) is 15.4. The smallest absolute Gasteiger partial charge is 0.251 e. The molecule has 0 saturated heterocycles. The van der Waals surface area contributed by atoms with Crippen LogP contribution in [-0.2, 0) is 6.54 Å². The van der Waals surface area contributed by atoms with Crippen LogP contribution in [0.15, 0.2) is 36.7 Å². The topological polar surface area (TPSA) is 46.9 Å². The van der Waals surface area contributed by atoms with E-state index >= 15 is 0 Å². The first-order valence-corrected chi connectivity index (χ1v) is 7.35. The average molecular weight is 285 g/mol. The Balaban J connectivity index is 2.02. The lowest BCUT2D eigenvalue weighted by molar-refractivity contribution is 0.0930. The van der Waals surface area contributed by atoms with Gasteiger partial charge in [-0.1, -0.05) is 26.0 Å². The Kier molecular flexibility index (Phi) is 4.78. The molecule has 4 heteroatoms. The van der Waals surface area contributed by atoms with E-state index in [1.54, 1.807) is 6.20 Å². The molecule has 0 unspecified atom stereocenters. The summed E-state index contributed by atoms with van der Waals surface area (Å²) in [5, 5.41) is 3.02. The van der Waals surface area contributed by atoms with Crippen molar-refractivity contribution in [2.45, 2.75) is 40.3 Å². The fraction of sp³-hybridized carbons (Fsp3) is 0.412. The molecule has 0 aliphatic rings. The third-order valence-electron chi connectivity index (χ3n) is 3.85. The summed E-state index contributed by atoms with van der Waals surface area (Å²) in [5.41, 5.74) is 1.86. The minimum absolute atomic E-state index is 0.0124. The van der Waals surface area contributed by atoms with Gasteiger partial charge in [-0.05, 0) is 37.5 Å². The summed E-state index contributed by atoms with van der Waals surface area (Å²) in [5.74, 6) is 1.40. The number of hydrogen-bond donors (Lipinski definition) is 1. The van der Waals surface area contributed by atoms with E-state index in [1.165, 1.54) is 0 Å². The van der Waals surface area contributed by atoms with Crippen LogP contribution < -0.4 is 5.32 Å². The molecule has 2 aromatic rings. The van der Waals surface area contributed by atoms with Crippen molar-refractivity contribution < 1.29 is 4.79 Å². The lowest BCUT2D eigenvalue weighted by Crippen LogP contribution is -2.36. The van der Waals surface area contributed by atoms with Gasteiger partial charge in [0.2, 0.25) is 0 Å². The minimum atomic E-state index is -0.0124. The standard InChI is InChI=1S/C17H23N3O/c1-12(2)13(3)19-17(21)16-7-5-15(6-8-16)11-20-10-9-18-14(20)4/h5-10,12-13H,11H2,1-4H3,(H,19,21)/t13-/m0/s1.